The van der Waals surface area contributed by atoms with Gasteiger partial charge >= 0.3 is 0 Å². The molecule has 0 bridgehead atoms. The summed E-state index contributed by atoms with van der Waals surface area (Å²) in [6, 6.07) is 9.81. The van der Waals surface area contributed by atoms with Crippen LogP contribution in [-0.4, -0.2) is 24.2 Å². The summed E-state index contributed by atoms with van der Waals surface area (Å²) in [4.78, 5) is 14.9. The van der Waals surface area contributed by atoms with Crippen molar-refractivity contribution in [2.75, 3.05) is 11.4 Å². The van der Waals surface area contributed by atoms with Gasteiger partial charge in [-0.1, -0.05) is 24.6 Å². The molecule has 29 heavy (non-hydrogen) atoms. The van der Waals surface area contributed by atoms with E-state index in [-0.39, 0.29) is 11.4 Å². The molecule has 1 aliphatic heterocycles. The molecule has 3 rings (SSSR count). The lowest BCUT2D eigenvalue weighted by Gasteiger charge is -2.47. The van der Waals surface area contributed by atoms with Crippen molar-refractivity contribution in [3.63, 3.8) is 0 Å². The molecule has 0 fully saturated rings. The van der Waals surface area contributed by atoms with Crippen molar-refractivity contribution in [3.05, 3.63) is 63.2 Å². The van der Waals surface area contributed by atoms with Crippen LogP contribution in [0.15, 0.2) is 35.4 Å². The zero-order chi connectivity index (χ0) is 21.3. The van der Waals surface area contributed by atoms with Crippen molar-refractivity contribution in [2.24, 2.45) is 5.10 Å². The molecule has 2 aromatic rings. The van der Waals surface area contributed by atoms with Crippen molar-refractivity contribution in [1.82, 2.24) is 5.43 Å². The van der Waals surface area contributed by atoms with E-state index in [0.717, 1.165) is 29.7 Å². The molecule has 1 amide bonds. The number of nitrogens with one attached hydrogen (secondary N) is 1. The standard InChI is InChI=1S/C24H30ClN3O/c1-7-28-22-11-16(3)18(12-20(22)17(4)13-24(28,5)6)14-26-27-23(29)19-9-8-15(2)10-21(19)25/h8-12,14,17H,7,13H2,1-6H3,(H,27,29)/b26-14-/t17-/m0/s1. The molecule has 0 unspecified atom stereocenters. The van der Waals surface area contributed by atoms with E-state index in [1.807, 2.05) is 13.0 Å². The molecule has 0 spiro atoms. The second-order valence-corrected chi connectivity index (χ2v) is 9.02. The maximum atomic E-state index is 12.4. The summed E-state index contributed by atoms with van der Waals surface area (Å²) >= 11 is 6.17. The summed E-state index contributed by atoms with van der Waals surface area (Å²) < 4.78 is 0. The molecule has 4 nitrogen and oxygen atoms in total. The highest BCUT2D eigenvalue weighted by atomic mass is 35.5. The molecule has 0 saturated carbocycles. The molecule has 2 aromatic carbocycles. The number of amides is 1. The van der Waals surface area contributed by atoms with Crippen molar-refractivity contribution >= 4 is 29.4 Å². The molecule has 0 aromatic heterocycles. The van der Waals surface area contributed by atoms with E-state index < -0.39 is 0 Å². The van der Waals surface area contributed by atoms with Crippen LogP contribution in [0.5, 0.6) is 0 Å². The van der Waals surface area contributed by atoms with Crippen LogP contribution in [0.25, 0.3) is 0 Å². The monoisotopic (exact) mass is 411 g/mol. The van der Waals surface area contributed by atoms with E-state index in [9.17, 15) is 4.79 Å². The highest BCUT2D eigenvalue weighted by molar-refractivity contribution is 6.33. The normalized spacial score (nSPS) is 18.0. The van der Waals surface area contributed by atoms with Crippen molar-refractivity contribution < 1.29 is 4.79 Å². The van der Waals surface area contributed by atoms with Crippen molar-refractivity contribution in [1.29, 1.82) is 0 Å². The van der Waals surface area contributed by atoms with Gasteiger partial charge in [0.25, 0.3) is 5.91 Å². The number of halogens is 1. The number of anilines is 1. The van der Waals surface area contributed by atoms with Crippen LogP contribution >= 0.6 is 11.6 Å². The Hall–Kier alpha value is -2.33. The van der Waals surface area contributed by atoms with Gasteiger partial charge in [0, 0.05) is 17.8 Å². The quantitative estimate of drug-likeness (QED) is 0.507. The maximum Gasteiger partial charge on any atom is 0.272 e. The fourth-order valence-electron chi connectivity index (χ4n) is 4.41. The van der Waals surface area contributed by atoms with Gasteiger partial charge in [-0.05, 0) is 93.5 Å². The summed E-state index contributed by atoms with van der Waals surface area (Å²) in [5.74, 6) is 0.158. The molecular weight excluding hydrogens is 382 g/mol. The van der Waals surface area contributed by atoms with Gasteiger partial charge in [-0.3, -0.25) is 4.79 Å². The van der Waals surface area contributed by atoms with Crippen LogP contribution in [0, 0.1) is 13.8 Å². The van der Waals surface area contributed by atoms with Crippen molar-refractivity contribution in [2.45, 2.75) is 59.4 Å². The van der Waals surface area contributed by atoms with Crippen LogP contribution in [0.3, 0.4) is 0 Å². The first kappa shape index (κ1) is 21.4. The predicted octanol–water partition coefficient (Wildman–Crippen LogP) is 5.83. The summed E-state index contributed by atoms with van der Waals surface area (Å²) in [5.41, 5.74) is 8.97. The minimum atomic E-state index is -0.311. The fourth-order valence-corrected chi connectivity index (χ4v) is 4.73. The summed E-state index contributed by atoms with van der Waals surface area (Å²) in [5, 5.41) is 4.62. The van der Waals surface area contributed by atoms with Gasteiger partial charge in [-0.25, -0.2) is 5.43 Å². The average Bonchev–Trinajstić information content (AvgIpc) is 2.62. The molecule has 0 aliphatic carbocycles. The Labute approximate surface area is 179 Å². The summed E-state index contributed by atoms with van der Waals surface area (Å²) in [7, 11) is 0. The van der Waals surface area contributed by atoms with E-state index >= 15 is 0 Å². The second-order valence-electron chi connectivity index (χ2n) is 8.61. The van der Waals surface area contributed by atoms with E-state index in [1.165, 1.54) is 11.3 Å². The van der Waals surface area contributed by atoms with Gasteiger partial charge in [0.05, 0.1) is 16.8 Å². The van der Waals surface area contributed by atoms with Gasteiger partial charge < -0.3 is 4.90 Å². The number of aryl methyl sites for hydroxylation is 2. The molecule has 0 saturated heterocycles. The highest BCUT2D eigenvalue weighted by Crippen LogP contribution is 2.43. The van der Waals surface area contributed by atoms with Crippen LogP contribution in [0.1, 0.15) is 72.6 Å². The number of hydrogen-bond acceptors (Lipinski definition) is 3. The maximum absolute atomic E-state index is 12.4. The minimum Gasteiger partial charge on any atom is -0.366 e. The Kier molecular flexibility index (Phi) is 6.04. The minimum absolute atomic E-state index is 0.143. The van der Waals surface area contributed by atoms with Crippen LogP contribution in [0.4, 0.5) is 5.69 Å². The van der Waals surface area contributed by atoms with E-state index in [4.69, 9.17) is 11.6 Å². The molecular formula is C24H30ClN3O. The third kappa shape index (κ3) is 4.32. The Bertz CT molecular complexity index is 965. The largest absolute Gasteiger partial charge is 0.366 e. The summed E-state index contributed by atoms with van der Waals surface area (Å²) in [6.07, 6.45) is 2.83. The smallest absolute Gasteiger partial charge is 0.272 e. The second kappa shape index (κ2) is 8.19. The van der Waals surface area contributed by atoms with Gasteiger partial charge in [0.15, 0.2) is 0 Å². The third-order valence-corrected chi connectivity index (χ3v) is 6.14. The van der Waals surface area contributed by atoms with Gasteiger partial charge in [0.1, 0.15) is 0 Å². The number of fused-ring (bicyclic) bond motifs is 1. The number of hydrogen-bond donors (Lipinski definition) is 1. The number of carbonyl (C=O) groups excluding carboxylic acids is 1. The van der Waals surface area contributed by atoms with Crippen molar-refractivity contribution in [3.8, 4) is 0 Å². The zero-order valence-electron chi connectivity index (χ0n) is 18.1. The predicted molar refractivity (Wildman–Crippen MR) is 123 cm³/mol. The first-order chi connectivity index (χ1) is 13.6. The Morgan fingerprint density at radius 1 is 1.31 bits per heavy atom. The highest BCUT2D eigenvalue weighted by Gasteiger charge is 2.35. The van der Waals surface area contributed by atoms with Crippen LogP contribution in [0.2, 0.25) is 5.02 Å². The van der Waals surface area contributed by atoms with E-state index in [1.54, 1.807) is 18.3 Å². The lowest BCUT2D eigenvalue weighted by atomic mass is 9.79. The molecule has 154 valence electrons. The first-order valence-corrected chi connectivity index (χ1v) is 10.5. The lowest BCUT2D eigenvalue weighted by molar-refractivity contribution is 0.0955. The molecule has 5 heteroatoms. The lowest BCUT2D eigenvalue weighted by Crippen LogP contribution is -2.48. The number of nitrogens with zero attached hydrogens (tertiary/aromatic N) is 2. The number of benzene rings is 2. The van der Waals surface area contributed by atoms with Crippen LogP contribution < -0.4 is 10.3 Å². The molecule has 1 N–H and O–H groups in total. The van der Waals surface area contributed by atoms with Gasteiger partial charge in [0.2, 0.25) is 0 Å². The average molecular weight is 412 g/mol. The number of hydrazone groups is 1. The first-order valence-electron chi connectivity index (χ1n) is 10.2. The third-order valence-electron chi connectivity index (χ3n) is 5.83. The fraction of sp³-hybridized carbons (Fsp3) is 0.417. The Morgan fingerprint density at radius 2 is 2.03 bits per heavy atom. The molecule has 1 heterocycles. The van der Waals surface area contributed by atoms with Crippen LogP contribution in [-0.2, 0) is 0 Å². The molecule has 0 radical (unpaired) electrons. The van der Waals surface area contributed by atoms with Gasteiger partial charge in [-0.2, -0.15) is 5.10 Å². The van der Waals surface area contributed by atoms with E-state index in [0.29, 0.717) is 16.5 Å². The molecule has 1 aliphatic rings. The number of rotatable bonds is 4. The topological polar surface area (TPSA) is 44.7 Å². The van der Waals surface area contributed by atoms with E-state index in [2.05, 4.69) is 62.2 Å². The Balaban J connectivity index is 1.83. The SMILES string of the molecule is CCN1c2cc(C)c(/C=N\NC(=O)c3ccc(C)cc3Cl)cc2[C@@H](C)CC1(C)C. The zero-order valence-corrected chi connectivity index (χ0v) is 18.9. The Morgan fingerprint density at radius 3 is 2.69 bits per heavy atom. The van der Waals surface area contributed by atoms with Gasteiger partial charge in [-0.15, -0.1) is 0 Å². The molecule has 1 atom stereocenters. The number of carbonyl (C=O) groups is 1. The summed E-state index contributed by atoms with van der Waals surface area (Å²) in [6.45, 7) is 14.1.